The maximum Gasteiger partial charge on any atom is 0.229 e. The number of anilines is 2. The minimum Gasteiger partial charge on any atom is -0.492 e. The summed E-state index contributed by atoms with van der Waals surface area (Å²) in [6.45, 7) is 1.51. The molecular formula is C31H34ClN3O5S. The second kappa shape index (κ2) is 13.3. The molecule has 1 unspecified atom stereocenters. The molecule has 10 heteroatoms. The molecule has 0 saturated carbocycles. The van der Waals surface area contributed by atoms with Gasteiger partial charge in [0.25, 0.3) is 0 Å². The molecule has 4 aromatic rings. The van der Waals surface area contributed by atoms with Gasteiger partial charge in [0.1, 0.15) is 24.7 Å². The van der Waals surface area contributed by atoms with E-state index in [1.807, 2.05) is 48.5 Å². The minimum atomic E-state index is -3.55. The Hall–Kier alpha value is -3.76. The summed E-state index contributed by atoms with van der Waals surface area (Å²) in [5.74, 6) is 1.18. The number of nitrogens with two attached hydrogens (primary N) is 1. The van der Waals surface area contributed by atoms with E-state index in [0.717, 1.165) is 29.7 Å². The van der Waals surface area contributed by atoms with Crippen molar-refractivity contribution in [2.45, 2.75) is 19.1 Å². The number of nitrogen functional groups attached to an aromatic ring is 1. The molecule has 0 amide bonds. The molecule has 5 rings (SSSR count). The first-order valence-electron chi connectivity index (χ1n) is 13.1. The Morgan fingerprint density at radius 1 is 0.927 bits per heavy atom. The van der Waals surface area contributed by atoms with Crippen LogP contribution in [0.4, 0.5) is 11.4 Å². The predicted molar refractivity (Wildman–Crippen MR) is 165 cm³/mol. The number of ether oxygens (including phenoxy) is 2. The van der Waals surface area contributed by atoms with Gasteiger partial charge in [-0.15, -0.1) is 12.4 Å². The van der Waals surface area contributed by atoms with Gasteiger partial charge in [-0.1, -0.05) is 48.5 Å². The fourth-order valence-corrected chi connectivity index (χ4v) is 5.35. The van der Waals surface area contributed by atoms with Crippen molar-refractivity contribution in [2.75, 3.05) is 36.4 Å². The summed E-state index contributed by atoms with van der Waals surface area (Å²) in [7, 11) is -3.55. The lowest BCUT2D eigenvalue weighted by atomic mass is 10.1. The molecule has 8 nitrogen and oxygen atoms in total. The van der Waals surface area contributed by atoms with Crippen LogP contribution in [0.2, 0.25) is 0 Å². The summed E-state index contributed by atoms with van der Waals surface area (Å²) < 4.78 is 38.2. The third kappa shape index (κ3) is 7.92. The molecule has 41 heavy (non-hydrogen) atoms. The van der Waals surface area contributed by atoms with Crippen molar-refractivity contribution in [3.63, 3.8) is 0 Å². The van der Waals surface area contributed by atoms with Gasteiger partial charge in [-0.25, -0.2) is 8.42 Å². The van der Waals surface area contributed by atoms with Crippen molar-refractivity contribution < 1.29 is 23.0 Å². The lowest BCUT2D eigenvalue weighted by molar-refractivity contribution is 0.172. The third-order valence-electron chi connectivity index (χ3n) is 6.68. The van der Waals surface area contributed by atoms with Gasteiger partial charge in [0.2, 0.25) is 10.0 Å². The summed E-state index contributed by atoms with van der Waals surface area (Å²) in [5.41, 5.74) is 13.4. The van der Waals surface area contributed by atoms with Gasteiger partial charge in [0.15, 0.2) is 0 Å². The van der Waals surface area contributed by atoms with Crippen LogP contribution in [0.25, 0.3) is 11.1 Å². The highest BCUT2D eigenvalue weighted by Gasteiger charge is 2.19. The lowest BCUT2D eigenvalue weighted by Gasteiger charge is -2.17. The van der Waals surface area contributed by atoms with Gasteiger partial charge >= 0.3 is 0 Å². The Balaban J connectivity index is 0.00000387. The Kier molecular flexibility index (Phi) is 9.77. The largest absolute Gasteiger partial charge is 0.492 e. The van der Waals surface area contributed by atoms with Crippen LogP contribution in [0.1, 0.15) is 28.4 Å². The summed E-state index contributed by atoms with van der Waals surface area (Å²) in [4.78, 5) is 0. The summed E-state index contributed by atoms with van der Waals surface area (Å²) >= 11 is 0. The number of hydrogen-bond donors (Lipinski definition) is 4. The van der Waals surface area contributed by atoms with Gasteiger partial charge in [0, 0.05) is 18.8 Å². The molecule has 4 aromatic carbocycles. The minimum absolute atomic E-state index is 0. The summed E-state index contributed by atoms with van der Waals surface area (Å²) in [5, 5.41) is 13.9. The van der Waals surface area contributed by atoms with Crippen LogP contribution in [0.15, 0.2) is 84.9 Å². The Morgan fingerprint density at radius 2 is 1.66 bits per heavy atom. The lowest BCUT2D eigenvalue weighted by Crippen LogP contribution is -2.26. The Bertz CT molecular complexity index is 1600. The molecule has 1 atom stereocenters. The molecule has 0 aromatic heterocycles. The van der Waals surface area contributed by atoms with Gasteiger partial charge in [0.05, 0.1) is 18.0 Å². The smallest absolute Gasteiger partial charge is 0.229 e. The summed E-state index contributed by atoms with van der Waals surface area (Å²) in [6.07, 6.45) is 1.06. The zero-order valence-corrected chi connectivity index (χ0v) is 24.3. The highest BCUT2D eigenvalue weighted by Crippen LogP contribution is 2.39. The van der Waals surface area contributed by atoms with Crippen molar-refractivity contribution in [1.29, 1.82) is 0 Å². The van der Waals surface area contributed by atoms with E-state index in [9.17, 15) is 13.5 Å². The standard InChI is InChI=1S/C31H33N3O5S.ClH/c1-40(36,37)34-29-18-22(7-12-31(29)39-20-21-5-3-2-4-6-21)30(35)19-33-13-14-38-26-9-11-28-24(17-26)15-23-16-25(32)8-10-27(23)28;/h2-12,16-18,30,33-35H,13-15,19-20,32H2,1H3;1H. The maximum absolute atomic E-state index is 11.9. The number of nitrogens with one attached hydrogen (secondary N) is 2. The highest BCUT2D eigenvalue weighted by atomic mass is 35.5. The van der Waals surface area contributed by atoms with Gasteiger partial charge < -0.3 is 25.6 Å². The average Bonchev–Trinajstić information content (AvgIpc) is 3.28. The van der Waals surface area contributed by atoms with Crippen LogP contribution >= 0.6 is 12.4 Å². The van der Waals surface area contributed by atoms with Gasteiger partial charge in [-0.05, 0) is 76.2 Å². The van der Waals surface area contributed by atoms with E-state index in [2.05, 4.69) is 28.2 Å². The van der Waals surface area contributed by atoms with E-state index in [1.54, 1.807) is 18.2 Å². The molecule has 1 aliphatic rings. The zero-order chi connectivity index (χ0) is 28.1. The monoisotopic (exact) mass is 595 g/mol. The number of sulfonamides is 1. The van der Waals surface area contributed by atoms with E-state index in [-0.39, 0.29) is 31.2 Å². The molecule has 0 spiro atoms. The second-order valence-corrected chi connectivity index (χ2v) is 11.6. The molecule has 1 aliphatic carbocycles. The SMILES string of the molecule is CS(=O)(=O)Nc1cc(C(O)CNCCOc2ccc3c(c2)Cc2cc(N)ccc2-3)ccc1OCc1ccccc1.Cl. The van der Waals surface area contributed by atoms with Crippen LogP contribution < -0.4 is 25.2 Å². The second-order valence-electron chi connectivity index (χ2n) is 9.88. The van der Waals surface area contributed by atoms with Crippen molar-refractivity contribution in [2.24, 2.45) is 0 Å². The number of aliphatic hydroxyl groups excluding tert-OH is 1. The van der Waals surface area contributed by atoms with E-state index in [0.29, 0.717) is 24.5 Å². The maximum atomic E-state index is 11.9. The van der Waals surface area contributed by atoms with Crippen LogP contribution in [0.3, 0.4) is 0 Å². The first-order valence-corrected chi connectivity index (χ1v) is 15.0. The topological polar surface area (TPSA) is 123 Å². The van der Waals surface area contributed by atoms with Gasteiger partial charge in [-0.2, -0.15) is 0 Å². The van der Waals surface area contributed by atoms with Crippen LogP contribution in [-0.4, -0.2) is 39.5 Å². The molecule has 0 aliphatic heterocycles. The van der Waals surface area contributed by atoms with E-state index < -0.39 is 16.1 Å². The molecule has 0 fully saturated rings. The van der Waals surface area contributed by atoms with Crippen molar-refractivity contribution in [1.82, 2.24) is 5.32 Å². The van der Waals surface area contributed by atoms with Crippen LogP contribution in [0.5, 0.6) is 11.5 Å². The molecule has 5 N–H and O–H groups in total. The molecular weight excluding hydrogens is 562 g/mol. The zero-order valence-electron chi connectivity index (χ0n) is 22.7. The fourth-order valence-electron chi connectivity index (χ4n) is 4.79. The first kappa shape index (κ1) is 30.2. The molecule has 216 valence electrons. The predicted octanol–water partition coefficient (Wildman–Crippen LogP) is 4.91. The Morgan fingerprint density at radius 3 is 2.41 bits per heavy atom. The highest BCUT2D eigenvalue weighted by molar-refractivity contribution is 7.92. The molecule has 0 saturated heterocycles. The number of fused-ring (bicyclic) bond motifs is 3. The van der Waals surface area contributed by atoms with Crippen LogP contribution in [-0.2, 0) is 23.1 Å². The fraction of sp³-hybridized carbons (Fsp3) is 0.226. The number of rotatable bonds is 12. The number of hydrogen-bond acceptors (Lipinski definition) is 7. The number of halogens is 1. The normalized spacial score (nSPS) is 12.5. The van der Waals surface area contributed by atoms with Crippen LogP contribution in [0, 0.1) is 0 Å². The average molecular weight is 596 g/mol. The van der Waals surface area contributed by atoms with Gasteiger partial charge in [-0.3, -0.25) is 4.72 Å². The Labute approximate surface area is 247 Å². The van der Waals surface area contributed by atoms with Crippen molar-refractivity contribution in [3.05, 3.63) is 107 Å². The van der Waals surface area contributed by atoms with Crippen molar-refractivity contribution in [3.8, 4) is 22.6 Å². The molecule has 0 radical (unpaired) electrons. The van der Waals surface area contributed by atoms with Crippen molar-refractivity contribution >= 4 is 33.8 Å². The molecule has 0 heterocycles. The first-order chi connectivity index (χ1) is 19.2. The summed E-state index contributed by atoms with van der Waals surface area (Å²) in [6, 6.07) is 26.7. The third-order valence-corrected chi connectivity index (χ3v) is 7.27. The van der Waals surface area contributed by atoms with E-state index >= 15 is 0 Å². The van der Waals surface area contributed by atoms with E-state index in [4.69, 9.17) is 15.2 Å². The molecule has 0 bridgehead atoms. The number of benzene rings is 4. The number of aliphatic hydroxyl groups is 1. The van der Waals surface area contributed by atoms with E-state index in [1.165, 1.54) is 22.3 Å². The quantitative estimate of drug-likeness (QED) is 0.119.